The maximum Gasteiger partial charge on any atom is 0.253 e. The van der Waals surface area contributed by atoms with Crippen LogP contribution >= 0.6 is 11.6 Å². The molecule has 0 aliphatic heterocycles. The molecule has 2 aromatic rings. The standard InChI is InChI=1S/C22H27ClN2O4/c1-3-13-24-22(27)17-12-11-16(23)15-18(17)25-21(26)10-7-14-29-20-9-6-5-8-19(20)28-4-2/h5-6,8-9,11-12,15H,3-4,7,10,13-14H2,1-2H3,(H,24,27)(H,25,26). The van der Waals surface area contributed by atoms with Crippen LogP contribution in [0.1, 0.15) is 43.5 Å². The Morgan fingerprint density at radius 2 is 1.76 bits per heavy atom. The summed E-state index contributed by atoms with van der Waals surface area (Å²) in [4.78, 5) is 24.6. The molecule has 2 aromatic carbocycles. The largest absolute Gasteiger partial charge is 0.490 e. The SMILES string of the molecule is CCCNC(=O)c1ccc(Cl)cc1NC(=O)CCCOc1ccccc1OCC. The van der Waals surface area contributed by atoms with Crippen LogP contribution in [0.3, 0.4) is 0 Å². The van der Waals surface area contributed by atoms with E-state index in [2.05, 4.69) is 10.6 Å². The molecule has 6 nitrogen and oxygen atoms in total. The van der Waals surface area contributed by atoms with Crippen molar-refractivity contribution < 1.29 is 19.1 Å². The molecule has 0 atom stereocenters. The van der Waals surface area contributed by atoms with E-state index in [1.165, 1.54) is 0 Å². The van der Waals surface area contributed by atoms with Crippen molar-refractivity contribution in [2.45, 2.75) is 33.1 Å². The van der Waals surface area contributed by atoms with Gasteiger partial charge in [-0.25, -0.2) is 0 Å². The van der Waals surface area contributed by atoms with Crippen LogP contribution < -0.4 is 20.1 Å². The Kier molecular flexibility index (Phi) is 9.31. The molecule has 2 rings (SSSR count). The smallest absolute Gasteiger partial charge is 0.253 e. The van der Waals surface area contributed by atoms with Crippen molar-refractivity contribution in [1.29, 1.82) is 0 Å². The number of rotatable bonds is 11. The molecule has 156 valence electrons. The maximum atomic E-state index is 12.3. The lowest BCUT2D eigenvalue weighted by molar-refractivity contribution is -0.116. The molecule has 0 bridgehead atoms. The molecule has 7 heteroatoms. The van der Waals surface area contributed by atoms with E-state index < -0.39 is 0 Å². The van der Waals surface area contributed by atoms with Gasteiger partial charge in [0.2, 0.25) is 5.91 Å². The van der Waals surface area contributed by atoms with Gasteiger partial charge in [0.1, 0.15) is 0 Å². The Morgan fingerprint density at radius 3 is 2.45 bits per heavy atom. The number of nitrogens with one attached hydrogen (secondary N) is 2. The summed E-state index contributed by atoms with van der Waals surface area (Å²) in [7, 11) is 0. The number of carbonyl (C=O) groups is 2. The first-order chi connectivity index (χ1) is 14.0. The highest BCUT2D eigenvalue weighted by molar-refractivity contribution is 6.31. The number of para-hydroxylation sites is 2. The van der Waals surface area contributed by atoms with Gasteiger partial charge in [-0.05, 0) is 50.1 Å². The van der Waals surface area contributed by atoms with Gasteiger partial charge in [0, 0.05) is 18.0 Å². The zero-order valence-corrected chi connectivity index (χ0v) is 17.6. The summed E-state index contributed by atoms with van der Waals surface area (Å²) >= 11 is 6.03. The van der Waals surface area contributed by atoms with Gasteiger partial charge in [0.15, 0.2) is 11.5 Å². The predicted octanol–water partition coefficient (Wildman–Crippen LogP) is 4.68. The molecular weight excluding hydrogens is 392 g/mol. The second-order valence-electron chi connectivity index (χ2n) is 6.33. The summed E-state index contributed by atoms with van der Waals surface area (Å²) in [6.07, 6.45) is 1.59. The Bertz CT molecular complexity index is 826. The van der Waals surface area contributed by atoms with Crippen molar-refractivity contribution in [3.05, 3.63) is 53.1 Å². The van der Waals surface area contributed by atoms with Crippen molar-refractivity contribution in [3.8, 4) is 11.5 Å². The van der Waals surface area contributed by atoms with Gasteiger partial charge >= 0.3 is 0 Å². The summed E-state index contributed by atoms with van der Waals surface area (Å²) in [6, 6.07) is 12.2. The fraction of sp³-hybridized carbons (Fsp3) is 0.364. The van der Waals surface area contributed by atoms with Crippen LogP contribution in [0.15, 0.2) is 42.5 Å². The molecule has 0 aliphatic carbocycles. The fourth-order valence-corrected chi connectivity index (χ4v) is 2.80. The van der Waals surface area contributed by atoms with Crippen LogP contribution in [0.5, 0.6) is 11.5 Å². The Morgan fingerprint density at radius 1 is 1.03 bits per heavy atom. The first-order valence-corrected chi connectivity index (χ1v) is 10.1. The van der Waals surface area contributed by atoms with Crippen LogP contribution in [0, 0.1) is 0 Å². The van der Waals surface area contributed by atoms with Gasteiger partial charge in [-0.2, -0.15) is 0 Å². The zero-order valence-electron chi connectivity index (χ0n) is 16.8. The van der Waals surface area contributed by atoms with E-state index in [1.54, 1.807) is 18.2 Å². The molecule has 0 fully saturated rings. The predicted molar refractivity (Wildman–Crippen MR) is 115 cm³/mol. The van der Waals surface area contributed by atoms with E-state index >= 15 is 0 Å². The third-order valence-electron chi connectivity index (χ3n) is 3.99. The number of amides is 2. The normalized spacial score (nSPS) is 10.3. The maximum absolute atomic E-state index is 12.3. The number of hydrogen-bond acceptors (Lipinski definition) is 4. The van der Waals surface area contributed by atoms with Gasteiger partial charge in [-0.3, -0.25) is 9.59 Å². The third-order valence-corrected chi connectivity index (χ3v) is 4.23. The highest BCUT2D eigenvalue weighted by Crippen LogP contribution is 2.26. The van der Waals surface area contributed by atoms with Crippen LogP contribution in [0.4, 0.5) is 5.69 Å². The van der Waals surface area contributed by atoms with E-state index in [1.807, 2.05) is 38.1 Å². The summed E-state index contributed by atoms with van der Waals surface area (Å²) < 4.78 is 11.2. The van der Waals surface area contributed by atoms with Gasteiger partial charge in [0.05, 0.1) is 24.5 Å². The minimum Gasteiger partial charge on any atom is -0.490 e. The summed E-state index contributed by atoms with van der Waals surface area (Å²) in [5.74, 6) is 0.883. The van der Waals surface area contributed by atoms with Crippen molar-refractivity contribution >= 4 is 29.1 Å². The molecular formula is C22H27ClN2O4. The summed E-state index contributed by atoms with van der Waals surface area (Å²) in [5, 5.41) is 6.02. The molecule has 0 radical (unpaired) electrons. The van der Waals surface area contributed by atoms with E-state index in [0.29, 0.717) is 54.0 Å². The van der Waals surface area contributed by atoms with Gasteiger partial charge in [-0.15, -0.1) is 0 Å². The second-order valence-corrected chi connectivity index (χ2v) is 6.76. The average Bonchev–Trinajstić information content (AvgIpc) is 2.71. The van der Waals surface area contributed by atoms with E-state index in [-0.39, 0.29) is 18.2 Å². The van der Waals surface area contributed by atoms with Gasteiger partial charge in [0.25, 0.3) is 5.91 Å². The molecule has 0 saturated carbocycles. The van der Waals surface area contributed by atoms with E-state index in [4.69, 9.17) is 21.1 Å². The molecule has 0 aliphatic rings. The fourth-order valence-electron chi connectivity index (χ4n) is 2.62. The molecule has 29 heavy (non-hydrogen) atoms. The minimum atomic E-state index is -0.241. The lowest BCUT2D eigenvalue weighted by Gasteiger charge is -2.13. The number of halogens is 1. The molecule has 0 saturated heterocycles. The second kappa shape index (κ2) is 12.0. The van der Waals surface area contributed by atoms with Crippen LogP contribution in [0.25, 0.3) is 0 Å². The van der Waals surface area contributed by atoms with E-state index in [0.717, 1.165) is 6.42 Å². The lowest BCUT2D eigenvalue weighted by atomic mass is 10.1. The Balaban J connectivity index is 1.88. The van der Waals surface area contributed by atoms with Crippen molar-refractivity contribution in [3.63, 3.8) is 0 Å². The highest BCUT2D eigenvalue weighted by atomic mass is 35.5. The topological polar surface area (TPSA) is 76.7 Å². The first-order valence-electron chi connectivity index (χ1n) is 9.77. The summed E-state index contributed by atoms with van der Waals surface area (Å²) in [6.45, 7) is 5.37. The van der Waals surface area contributed by atoms with Crippen molar-refractivity contribution in [2.75, 3.05) is 25.1 Å². The molecule has 2 amide bonds. The van der Waals surface area contributed by atoms with Crippen molar-refractivity contribution in [1.82, 2.24) is 5.32 Å². The number of benzene rings is 2. The monoisotopic (exact) mass is 418 g/mol. The molecule has 2 N–H and O–H groups in total. The van der Waals surface area contributed by atoms with Crippen LogP contribution in [-0.2, 0) is 4.79 Å². The summed E-state index contributed by atoms with van der Waals surface area (Å²) in [5.41, 5.74) is 0.789. The average molecular weight is 419 g/mol. The van der Waals surface area contributed by atoms with Crippen LogP contribution in [0.2, 0.25) is 5.02 Å². The number of anilines is 1. The minimum absolute atomic E-state index is 0.210. The zero-order chi connectivity index (χ0) is 21.1. The van der Waals surface area contributed by atoms with Crippen LogP contribution in [-0.4, -0.2) is 31.6 Å². The Hall–Kier alpha value is -2.73. The van der Waals surface area contributed by atoms with Gasteiger partial charge < -0.3 is 20.1 Å². The van der Waals surface area contributed by atoms with Gasteiger partial charge in [-0.1, -0.05) is 30.7 Å². The van der Waals surface area contributed by atoms with E-state index in [9.17, 15) is 9.59 Å². The quantitative estimate of drug-likeness (QED) is 0.519. The lowest BCUT2D eigenvalue weighted by Crippen LogP contribution is -2.25. The number of hydrogen-bond donors (Lipinski definition) is 2. The molecule has 0 heterocycles. The third kappa shape index (κ3) is 7.31. The van der Waals surface area contributed by atoms with Crippen molar-refractivity contribution in [2.24, 2.45) is 0 Å². The molecule has 0 unspecified atom stereocenters. The number of ether oxygens (including phenoxy) is 2. The molecule has 0 spiro atoms. The number of carbonyl (C=O) groups excluding carboxylic acids is 2. The molecule has 0 aromatic heterocycles. The Labute approximate surface area is 176 Å². The highest BCUT2D eigenvalue weighted by Gasteiger charge is 2.14. The first kappa shape index (κ1) is 22.6.